The molecule has 1 N–H and O–H groups in total. The second-order valence-corrected chi connectivity index (χ2v) is 8.98. The second-order valence-electron chi connectivity index (χ2n) is 6.79. The third kappa shape index (κ3) is 4.22. The van der Waals surface area contributed by atoms with Crippen molar-refractivity contribution in [2.75, 3.05) is 0 Å². The Balaban J connectivity index is 1.86. The Kier molecular flexibility index (Phi) is 5.61. The van der Waals surface area contributed by atoms with E-state index in [1.54, 1.807) is 24.3 Å². The second kappa shape index (κ2) is 7.59. The Labute approximate surface area is 160 Å². The van der Waals surface area contributed by atoms with Gasteiger partial charge >= 0.3 is 0 Å². The first-order valence-electron chi connectivity index (χ1n) is 8.89. The van der Waals surface area contributed by atoms with Crippen molar-refractivity contribution in [3.8, 4) is 5.75 Å². The first-order chi connectivity index (χ1) is 12.4. The number of para-hydroxylation sites is 1. The van der Waals surface area contributed by atoms with E-state index >= 15 is 0 Å². The van der Waals surface area contributed by atoms with Gasteiger partial charge < -0.3 is 4.74 Å². The molecule has 1 aliphatic rings. The van der Waals surface area contributed by atoms with Gasteiger partial charge in [0.05, 0.1) is 11.8 Å². The van der Waals surface area contributed by atoms with Crippen LogP contribution in [0.2, 0.25) is 5.02 Å². The number of hydrogen-bond donors (Lipinski definition) is 1. The molecule has 0 saturated heterocycles. The van der Waals surface area contributed by atoms with Crippen molar-refractivity contribution in [3.63, 3.8) is 0 Å². The summed E-state index contributed by atoms with van der Waals surface area (Å²) in [5.41, 5.74) is 1.26. The molecule has 0 unspecified atom stereocenters. The molecule has 0 aromatic heterocycles. The molecule has 1 atom stereocenters. The highest BCUT2D eigenvalue weighted by Gasteiger charge is 2.39. The quantitative estimate of drug-likeness (QED) is 0.763. The van der Waals surface area contributed by atoms with Crippen LogP contribution in [0.25, 0.3) is 0 Å². The van der Waals surface area contributed by atoms with Crippen molar-refractivity contribution in [1.82, 2.24) is 4.72 Å². The summed E-state index contributed by atoms with van der Waals surface area (Å²) >= 11 is 5.88. The van der Waals surface area contributed by atoms with Crippen molar-refractivity contribution >= 4 is 21.6 Å². The maximum atomic E-state index is 12.8. The number of hydrogen-bond acceptors (Lipinski definition) is 3. The van der Waals surface area contributed by atoms with E-state index < -0.39 is 10.0 Å². The molecule has 0 radical (unpaired) electrons. The highest BCUT2D eigenvalue weighted by Crippen LogP contribution is 2.42. The van der Waals surface area contributed by atoms with Crippen molar-refractivity contribution in [1.29, 1.82) is 0 Å². The maximum absolute atomic E-state index is 12.8. The van der Waals surface area contributed by atoms with Gasteiger partial charge in [-0.1, -0.05) is 55.8 Å². The third-order valence-electron chi connectivity index (χ3n) is 5.08. The molecule has 0 fully saturated rings. The van der Waals surface area contributed by atoms with E-state index in [-0.39, 0.29) is 17.4 Å². The first-order valence-corrected chi connectivity index (χ1v) is 10.9. The molecule has 2 aromatic rings. The number of rotatable bonds is 6. The van der Waals surface area contributed by atoms with E-state index in [9.17, 15) is 8.42 Å². The molecule has 0 amide bonds. The molecule has 0 saturated carbocycles. The van der Waals surface area contributed by atoms with E-state index in [1.165, 1.54) is 0 Å². The first kappa shape index (κ1) is 19.2. The van der Waals surface area contributed by atoms with Crippen LogP contribution in [0, 0.1) is 0 Å². The summed E-state index contributed by atoms with van der Waals surface area (Å²) < 4.78 is 34.7. The fraction of sp³-hybridized carbons (Fsp3) is 0.400. The lowest BCUT2D eigenvalue weighted by Gasteiger charge is -2.41. The van der Waals surface area contributed by atoms with E-state index in [0.717, 1.165) is 24.2 Å². The van der Waals surface area contributed by atoms with Crippen LogP contribution in [-0.4, -0.2) is 14.0 Å². The predicted molar refractivity (Wildman–Crippen MR) is 105 cm³/mol. The Morgan fingerprint density at radius 1 is 1.12 bits per heavy atom. The van der Waals surface area contributed by atoms with Gasteiger partial charge in [0.2, 0.25) is 10.0 Å². The molecule has 2 aromatic carbocycles. The fourth-order valence-corrected chi connectivity index (χ4v) is 4.95. The zero-order valence-corrected chi connectivity index (χ0v) is 16.6. The smallest absolute Gasteiger partial charge is 0.216 e. The largest absolute Gasteiger partial charge is 0.487 e. The highest BCUT2D eigenvalue weighted by atomic mass is 35.5. The van der Waals surface area contributed by atoms with Crippen molar-refractivity contribution in [2.24, 2.45) is 0 Å². The number of benzene rings is 2. The van der Waals surface area contributed by atoms with Gasteiger partial charge in [-0.3, -0.25) is 0 Å². The number of nitrogens with one attached hydrogen (secondary N) is 1. The van der Waals surface area contributed by atoms with Crippen LogP contribution >= 0.6 is 11.6 Å². The SMILES string of the molecule is CCC1(CC)C[C@H](NS(=O)(=O)Cc2ccc(Cl)cc2)c2ccccc2O1. The van der Waals surface area contributed by atoms with Crippen LogP contribution in [0.3, 0.4) is 0 Å². The molecule has 3 rings (SSSR count). The number of fused-ring (bicyclic) bond motifs is 1. The van der Waals surface area contributed by atoms with Gasteiger partial charge in [0.1, 0.15) is 11.4 Å². The number of halogens is 1. The summed E-state index contributed by atoms with van der Waals surface area (Å²) in [4.78, 5) is 0. The normalized spacial score (nSPS) is 18.8. The van der Waals surface area contributed by atoms with Gasteiger partial charge in [0.25, 0.3) is 0 Å². The minimum atomic E-state index is -3.51. The number of ether oxygens (including phenoxy) is 1. The van der Waals surface area contributed by atoms with Crippen molar-refractivity contribution in [2.45, 2.75) is 50.5 Å². The van der Waals surface area contributed by atoms with Crippen LogP contribution in [0.15, 0.2) is 48.5 Å². The summed E-state index contributed by atoms with van der Waals surface area (Å²) in [5.74, 6) is 0.691. The molecule has 26 heavy (non-hydrogen) atoms. The molecular weight excluding hydrogens is 370 g/mol. The van der Waals surface area contributed by atoms with Crippen molar-refractivity contribution in [3.05, 3.63) is 64.7 Å². The van der Waals surface area contributed by atoms with Crippen LogP contribution in [0.5, 0.6) is 5.75 Å². The van der Waals surface area contributed by atoms with Gasteiger partial charge in [-0.05, 0) is 36.6 Å². The van der Waals surface area contributed by atoms with Gasteiger partial charge in [-0.2, -0.15) is 0 Å². The highest BCUT2D eigenvalue weighted by molar-refractivity contribution is 7.88. The molecule has 0 aliphatic carbocycles. The molecule has 0 bridgehead atoms. The zero-order valence-electron chi connectivity index (χ0n) is 15.0. The minimum absolute atomic E-state index is 0.0745. The number of sulfonamides is 1. The van der Waals surface area contributed by atoms with Crippen LogP contribution < -0.4 is 9.46 Å². The Hall–Kier alpha value is -1.56. The maximum Gasteiger partial charge on any atom is 0.216 e. The van der Waals surface area contributed by atoms with Gasteiger partial charge in [0, 0.05) is 17.0 Å². The molecule has 0 spiro atoms. The average molecular weight is 394 g/mol. The van der Waals surface area contributed by atoms with Crippen LogP contribution in [-0.2, 0) is 15.8 Å². The predicted octanol–water partition coefficient (Wildman–Crippen LogP) is 4.84. The standard InChI is InChI=1S/C20H24ClNO3S/c1-3-20(4-2)13-18(17-7-5-6-8-19(17)25-20)22-26(23,24)14-15-9-11-16(21)12-10-15/h5-12,18,22H,3-4,13-14H2,1-2H3/t18-/m0/s1. The minimum Gasteiger partial charge on any atom is -0.487 e. The van der Waals surface area contributed by atoms with Gasteiger partial charge in [0.15, 0.2) is 0 Å². The Morgan fingerprint density at radius 3 is 2.42 bits per heavy atom. The lowest BCUT2D eigenvalue weighted by Crippen LogP contribution is -2.44. The summed E-state index contributed by atoms with van der Waals surface area (Å²) in [6.45, 7) is 4.16. The van der Waals surface area contributed by atoms with E-state index in [1.807, 2.05) is 24.3 Å². The van der Waals surface area contributed by atoms with Gasteiger partial charge in [-0.25, -0.2) is 13.1 Å². The van der Waals surface area contributed by atoms with Crippen LogP contribution in [0.1, 0.15) is 50.3 Å². The van der Waals surface area contributed by atoms with Crippen molar-refractivity contribution < 1.29 is 13.2 Å². The zero-order chi connectivity index (χ0) is 18.8. The molecule has 140 valence electrons. The lowest BCUT2D eigenvalue weighted by molar-refractivity contribution is 0.0260. The molecule has 1 heterocycles. The summed E-state index contributed by atoms with van der Waals surface area (Å²) in [6, 6.07) is 14.3. The topological polar surface area (TPSA) is 55.4 Å². The third-order valence-corrected chi connectivity index (χ3v) is 6.69. The molecule has 4 nitrogen and oxygen atoms in total. The molecule has 6 heteroatoms. The van der Waals surface area contributed by atoms with Gasteiger partial charge in [-0.15, -0.1) is 0 Å². The molecule has 1 aliphatic heterocycles. The fourth-order valence-electron chi connectivity index (χ4n) is 3.46. The average Bonchev–Trinajstić information content (AvgIpc) is 2.63. The van der Waals surface area contributed by atoms with Crippen LogP contribution in [0.4, 0.5) is 0 Å². The lowest BCUT2D eigenvalue weighted by atomic mass is 9.84. The monoisotopic (exact) mass is 393 g/mol. The summed E-state index contributed by atoms with van der Waals surface area (Å²) in [5, 5.41) is 0.591. The Bertz CT molecular complexity index is 861. The molecular formula is C20H24ClNO3S. The summed E-state index contributed by atoms with van der Waals surface area (Å²) in [6.07, 6.45) is 2.28. The Morgan fingerprint density at radius 2 is 1.77 bits per heavy atom. The van der Waals surface area contributed by atoms with E-state index in [4.69, 9.17) is 16.3 Å². The summed E-state index contributed by atoms with van der Waals surface area (Å²) in [7, 11) is -3.51. The van der Waals surface area contributed by atoms with E-state index in [2.05, 4.69) is 18.6 Å². The van der Waals surface area contributed by atoms with E-state index in [0.29, 0.717) is 17.0 Å².